The molecule has 2 heterocycles. The Labute approximate surface area is 129 Å². The molecule has 0 bridgehead atoms. The van der Waals surface area contributed by atoms with Crippen LogP contribution in [0.15, 0.2) is 54.7 Å². The third kappa shape index (κ3) is 3.04. The second kappa shape index (κ2) is 6.49. The van der Waals surface area contributed by atoms with E-state index in [0.717, 1.165) is 12.1 Å². The van der Waals surface area contributed by atoms with E-state index in [-0.39, 0.29) is 18.2 Å². The molecule has 0 radical (unpaired) electrons. The number of aromatic nitrogens is 1. The molecule has 1 unspecified atom stereocenters. The number of pyridine rings is 1. The molecule has 5 nitrogen and oxygen atoms in total. The Hall–Kier alpha value is -2.53. The lowest BCUT2D eigenvalue weighted by Gasteiger charge is -2.15. The summed E-state index contributed by atoms with van der Waals surface area (Å²) in [5.41, 5.74) is 1.60. The van der Waals surface area contributed by atoms with E-state index >= 15 is 0 Å². The Balaban J connectivity index is 1.60. The summed E-state index contributed by atoms with van der Waals surface area (Å²) in [4.78, 5) is 30.0. The van der Waals surface area contributed by atoms with E-state index in [2.05, 4.69) is 10.3 Å². The first-order valence-corrected chi connectivity index (χ1v) is 7.31. The molecule has 5 heteroatoms. The first-order chi connectivity index (χ1) is 10.8. The molecule has 2 aromatic rings. The zero-order valence-electron chi connectivity index (χ0n) is 12.1. The van der Waals surface area contributed by atoms with Crippen molar-refractivity contribution >= 4 is 17.5 Å². The summed E-state index contributed by atoms with van der Waals surface area (Å²) in [7, 11) is 0. The minimum absolute atomic E-state index is 0.161. The van der Waals surface area contributed by atoms with Crippen molar-refractivity contribution in [1.82, 2.24) is 10.3 Å². The predicted molar refractivity (Wildman–Crippen MR) is 83.3 cm³/mol. The highest BCUT2D eigenvalue weighted by Gasteiger charge is 2.38. The van der Waals surface area contributed by atoms with Crippen LogP contribution in [0.4, 0.5) is 5.69 Å². The molecule has 1 aliphatic heterocycles. The van der Waals surface area contributed by atoms with Gasteiger partial charge < -0.3 is 5.32 Å². The van der Waals surface area contributed by atoms with Crippen LogP contribution in [0, 0.1) is 0 Å². The molecule has 1 atom stereocenters. The van der Waals surface area contributed by atoms with Gasteiger partial charge in [0.2, 0.25) is 5.91 Å². The number of hydrogen-bond acceptors (Lipinski definition) is 4. The third-order valence-corrected chi connectivity index (χ3v) is 3.66. The van der Waals surface area contributed by atoms with Crippen molar-refractivity contribution in [3.05, 3.63) is 60.4 Å². The average Bonchev–Trinajstić information content (AvgIpc) is 2.83. The van der Waals surface area contributed by atoms with Crippen LogP contribution < -0.4 is 10.2 Å². The molecular weight excluding hydrogens is 278 g/mol. The summed E-state index contributed by atoms with van der Waals surface area (Å²) in [6, 6.07) is 14.3. The summed E-state index contributed by atoms with van der Waals surface area (Å²) >= 11 is 0. The van der Waals surface area contributed by atoms with Gasteiger partial charge in [0.05, 0.1) is 18.2 Å². The van der Waals surface area contributed by atoms with Crippen molar-refractivity contribution in [3.8, 4) is 0 Å². The number of nitrogens with one attached hydrogen (secondary N) is 1. The van der Waals surface area contributed by atoms with Crippen LogP contribution in [-0.2, 0) is 16.0 Å². The SMILES string of the molecule is O=C1CC(NCCc2ccccn2)C(=O)N1c1ccccc1. The molecule has 0 spiro atoms. The fourth-order valence-corrected chi connectivity index (χ4v) is 2.56. The lowest BCUT2D eigenvalue weighted by Crippen LogP contribution is -2.39. The molecule has 112 valence electrons. The highest BCUT2D eigenvalue weighted by molar-refractivity contribution is 6.22. The van der Waals surface area contributed by atoms with E-state index in [4.69, 9.17) is 0 Å². The number of benzene rings is 1. The standard InChI is InChI=1S/C17H17N3O2/c21-16-12-15(19-11-9-13-6-4-5-10-18-13)17(22)20(16)14-7-2-1-3-8-14/h1-8,10,15,19H,9,11-12H2. The van der Waals surface area contributed by atoms with Crippen molar-refractivity contribution in [2.24, 2.45) is 0 Å². The smallest absolute Gasteiger partial charge is 0.251 e. The zero-order chi connectivity index (χ0) is 15.4. The van der Waals surface area contributed by atoms with Crippen molar-refractivity contribution in [1.29, 1.82) is 0 Å². The van der Waals surface area contributed by atoms with Gasteiger partial charge in [-0.25, -0.2) is 4.90 Å². The fraction of sp³-hybridized carbons (Fsp3) is 0.235. The first-order valence-electron chi connectivity index (χ1n) is 7.31. The van der Waals surface area contributed by atoms with E-state index in [1.54, 1.807) is 18.3 Å². The topological polar surface area (TPSA) is 62.3 Å². The molecule has 1 fully saturated rings. The van der Waals surface area contributed by atoms with Gasteiger partial charge in [0.15, 0.2) is 0 Å². The van der Waals surface area contributed by atoms with E-state index in [0.29, 0.717) is 12.2 Å². The van der Waals surface area contributed by atoms with Gasteiger partial charge >= 0.3 is 0 Å². The molecule has 1 aromatic carbocycles. The molecule has 2 amide bonds. The van der Waals surface area contributed by atoms with Crippen LogP contribution in [0.5, 0.6) is 0 Å². The van der Waals surface area contributed by atoms with E-state index in [9.17, 15) is 9.59 Å². The van der Waals surface area contributed by atoms with Gasteiger partial charge in [-0.2, -0.15) is 0 Å². The minimum Gasteiger partial charge on any atom is -0.305 e. The summed E-state index contributed by atoms with van der Waals surface area (Å²) in [5.74, 6) is -0.344. The summed E-state index contributed by atoms with van der Waals surface area (Å²) in [6.07, 6.45) is 2.68. The van der Waals surface area contributed by atoms with Gasteiger partial charge in [-0.1, -0.05) is 24.3 Å². The Morgan fingerprint density at radius 2 is 1.86 bits per heavy atom. The lowest BCUT2D eigenvalue weighted by molar-refractivity contribution is -0.121. The Bertz CT molecular complexity index is 658. The quantitative estimate of drug-likeness (QED) is 0.850. The van der Waals surface area contributed by atoms with Gasteiger partial charge in [-0.05, 0) is 24.3 Å². The number of para-hydroxylation sites is 1. The van der Waals surface area contributed by atoms with E-state index < -0.39 is 6.04 Å². The largest absolute Gasteiger partial charge is 0.305 e. The average molecular weight is 295 g/mol. The first kappa shape index (κ1) is 14.4. The van der Waals surface area contributed by atoms with Gasteiger partial charge in [-0.3, -0.25) is 14.6 Å². The van der Waals surface area contributed by atoms with Crippen LogP contribution in [0.2, 0.25) is 0 Å². The highest BCUT2D eigenvalue weighted by Crippen LogP contribution is 2.22. The molecule has 0 aliphatic carbocycles. The molecule has 1 aromatic heterocycles. The van der Waals surface area contributed by atoms with Crippen LogP contribution in [0.1, 0.15) is 12.1 Å². The normalized spacial score (nSPS) is 18.0. The van der Waals surface area contributed by atoms with Gasteiger partial charge in [0.25, 0.3) is 5.91 Å². The highest BCUT2D eigenvalue weighted by atomic mass is 16.2. The van der Waals surface area contributed by atoms with Crippen molar-refractivity contribution < 1.29 is 9.59 Å². The summed E-state index contributed by atoms with van der Waals surface area (Å²) in [5, 5.41) is 3.16. The second-order valence-corrected chi connectivity index (χ2v) is 5.18. The number of amides is 2. The molecule has 1 saturated heterocycles. The number of hydrogen-bond donors (Lipinski definition) is 1. The number of nitrogens with zero attached hydrogens (tertiary/aromatic N) is 2. The lowest BCUT2D eigenvalue weighted by atomic mass is 10.2. The summed E-state index contributed by atoms with van der Waals surface area (Å²) < 4.78 is 0. The monoisotopic (exact) mass is 295 g/mol. The van der Waals surface area contributed by atoms with Crippen molar-refractivity contribution in [2.75, 3.05) is 11.4 Å². The predicted octanol–water partition coefficient (Wildman–Crippen LogP) is 1.55. The maximum absolute atomic E-state index is 12.4. The molecule has 3 rings (SSSR count). The second-order valence-electron chi connectivity index (χ2n) is 5.18. The van der Waals surface area contributed by atoms with Gasteiger partial charge in [0, 0.05) is 24.9 Å². The maximum atomic E-state index is 12.4. The zero-order valence-corrected chi connectivity index (χ0v) is 12.1. The molecule has 1 N–H and O–H groups in total. The summed E-state index contributed by atoms with van der Waals surface area (Å²) in [6.45, 7) is 0.614. The molecule has 1 aliphatic rings. The van der Waals surface area contributed by atoms with E-state index in [1.165, 1.54) is 4.90 Å². The molecule has 0 saturated carbocycles. The van der Waals surface area contributed by atoms with Crippen LogP contribution in [0.3, 0.4) is 0 Å². The van der Waals surface area contributed by atoms with Crippen LogP contribution >= 0.6 is 0 Å². The van der Waals surface area contributed by atoms with Gasteiger partial charge in [-0.15, -0.1) is 0 Å². The number of carbonyl (C=O) groups excluding carboxylic acids is 2. The third-order valence-electron chi connectivity index (χ3n) is 3.66. The van der Waals surface area contributed by atoms with Crippen LogP contribution in [0.25, 0.3) is 0 Å². The van der Waals surface area contributed by atoms with Crippen LogP contribution in [-0.4, -0.2) is 29.4 Å². The molecular formula is C17H17N3O2. The fourth-order valence-electron chi connectivity index (χ4n) is 2.56. The van der Waals surface area contributed by atoms with Crippen molar-refractivity contribution in [3.63, 3.8) is 0 Å². The number of imide groups is 1. The maximum Gasteiger partial charge on any atom is 0.251 e. The van der Waals surface area contributed by atoms with Gasteiger partial charge in [0.1, 0.15) is 0 Å². The number of rotatable bonds is 5. The Morgan fingerprint density at radius 3 is 2.59 bits per heavy atom. The number of carbonyl (C=O) groups is 2. The Kier molecular flexibility index (Phi) is 4.25. The molecule has 22 heavy (non-hydrogen) atoms. The Morgan fingerprint density at radius 1 is 1.09 bits per heavy atom. The van der Waals surface area contributed by atoms with Crippen molar-refractivity contribution in [2.45, 2.75) is 18.9 Å². The van der Waals surface area contributed by atoms with E-state index in [1.807, 2.05) is 36.4 Å². The number of anilines is 1. The minimum atomic E-state index is -0.448.